The fourth-order valence-corrected chi connectivity index (χ4v) is 6.02. The third-order valence-corrected chi connectivity index (χ3v) is 9.42. The predicted octanol–water partition coefficient (Wildman–Crippen LogP) is 2.77. The molecule has 3 nitrogen and oxygen atoms in total. The topological polar surface area (TPSA) is 35.5 Å². The van der Waals surface area contributed by atoms with Crippen LogP contribution in [0.4, 0.5) is 0 Å². The molecule has 104 valence electrons. The van der Waals surface area contributed by atoms with E-state index >= 15 is 0 Å². The summed E-state index contributed by atoms with van der Waals surface area (Å²) in [6, 6.07) is 0. The van der Waals surface area contributed by atoms with E-state index in [1.165, 1.54) is 38.0 Å². The third kappa shape index (κ3) is 7.72. The summed E-state index contributed by atoms with van der Waals surface area (Å²) in [5.74, 6) is -0.168. The van der Waals surface area contributed by atoms with Gasteiger partial charge in [-0.3, -0.25) is 0 Å². The summed E-state index contributed by atoms with van der Waals surface area (Å²) in [5, 5.41) is 0. The minimum atomic E-state index is -1.11. The number of ether oxygens (including phenoxy) is 2. The zero-order valence-electron chi connectivity index (χ0n) is 11.9. The van der Waals surface area contributed by atoms with Gasteiger partial charge in [-0.05, 0) is 0 Å². The first-order chi connectivity index (χ1) is 8.10. The molecule has 0 aromatic heterocycles. The van der Waals surface area contributed by atoms with Crippen LogP contribution in [0.5, 0.6) is 0 Å². The van der Waals surface area contributed by atoms with E-state index in [2.05, 4.69) is 13.8 Å². The second-order valence-corrected chi connectivity index (χ2v) is 10.2. The van der Waals surface area contributed by atoms with Crippen LogP contribution in [-0.2, 0) is 14.3 Å². The van der Waals surface area contributed by atoms with Crippen LogP contribution in [-0.4, -0.2) is 50.9 Å². The van der Waals surface area contributed by atoms with E-state index in [9.17, 15) is 4.79 Å². The van der Waals surface area contributed by atoms with Crippen LogP contribution in [0.15, 0.2) is 0 Å². The van der Waals surface area contributed by atoms with Gasteiger partial charge in [-0.25, -0.2) is 0 Å². The predicted molar refractivity (Wildman–Crippen MR) is 76.9 cm³/mol. The molecule has 0 radical (unpaired) electrons. The summed E-state index contributed by atoms with van der Waals surface area (Å²) in [6.45, 7) is 7.58. The minimum absolute atomic E-state index is 0.168. The van der Waals surface area contributed by atoms with Gasteiger partial charge in [0.15, 0.2) is 0 Å². The van der Waals surface area contributed by atoms with E-state index in [-0.39, 0.29) is 5.97 Å². The van der Waals surface area contributed by atoms with E-state index in [0.29, 0.717) is 6.61 Å². The van der Waals surface area contributed by atoms with Crippen molar-refractivity contribution in [2.24, 2.45) is 0 Å². The Kier molecular flexibility index (Phi) is 9.76. The van der Waals surface area contributed by atoms with Gasteiger partial charge in [-0.15, -0.1) is 0 Å². The Balaban J connectivity index is 3.87. The number of unbranched alkanes of at least 4 members (excludes halogenated alkanes) is 1. The molecule has 0 amide bonds. The normalized spacial score (nSPS) is 12.5. The number of carbonyl (C=O) groups excluding carboxylic acids is 1. The molecule has 0 aromatic rings. The summed E-state index contributed by atoms with van der Waals surface area (Å²) < 4.78 is 10.2. The van der Waals surface area contributed by atoms with Gasteiger partial charge >= 0.3 is 106 Å². The van der Waals surface area contributed by atoms with Crippen molar-refractivity contribution >= 4 is 13.2 Å². The molecule has 0 bridgehead atoms. The Hall–Kier alpha value is -0.140. The van der Waals surface area contributed by atoms with Crippen LogP contribution in [0.3, 0.4) is 0 Å². The van der Waals surface area contributed by atoms with Crippen molar-refractivity contribution in [2.45, 2.75) is 33.6 Å². The zero-order valence-corrected chi connectivity index (χ0v) is 12.9. The van der Waals surface area contributed by atoms with Gasteiger partial charge in [-0.2, -0.15) is 0 Å². The van der Waals surface area contributed by atoms with Crippen LogP contribution >= 0.6 is 7.26 Å². The van der Waals surface area contributed by atoms with Gasteiger partial charge in [0, 0.05) is 0 Å². The molecule has 0 heterocycles. The average molecular weight is 264 g/mol. The molecule has 0 saturated carbocycles. The van der Waals surface area contributed by atoms with Crippen molar-refractivity contribution in [1.29, 1.82) is 0 Å². The number of rotatable bonds is 10. The first-order valence-electron chi connectivity index (χ1n) is 6.72. The number of esters is 1. The molecule has 0 fully saturated rings. The Bertz CT molecular complexity index is 203. The molecule has 0 aliphatic carbocycles. The van der Waals surface area contributed by atoms with E-state index in [1.807, 2.05) is 0 Å². The summed E-state index contributed by atoms with van der Waals surface area (Å²) in [6.07, 6.45) is 7.46. The molecular formula is C13H29O3P. The number of methoxy groups -OCH3 is 1. The summed E-state index contributed by atoms with van der Waals surface area (Å²) in [4.78, 5) is 10.6. The fraction of sp³-hybridized carbons (Fsp3) is 0.923. The number of carbonyl (C=O) groups is 1. The first kappa shape index (κ1) is 16.9. The third-order valence-electron chi connectivity index (χ3n) is 3.74. The number of hydrogen-bond donors (Lipinski definition) is 0. The molecule has 17 heavy (non-hydrogen) atoms. The summed E-state index contributed by atoms with van der Waals surface area (Å²) in [7, 11) is 0.676. The van der Waals surface area contributed by atoms with Crippen LogP contribution < -0.4 is 0 Å². The van der Waals surface area contributed by atoms with Crippen LogP contribution in [0.25, 0.3) is 0 Å². The molecule has 0 rings (SSSR count). The Morgan fingerprint density at radius 3 is 2.18 bits per heavy atom. The molecular weight excluding hydrogens is 235 g/mol. The van der Waals surface area contributed by atoms with E-state index in [1.54, 1.807) is 7.11 Å². The first-order valence-corrected chi connectivity index (χ1v) is 9.55. The fourth-order valence-electron chi connectivity index (χ4n) is 2.22. The molecule has 0 spiro atoms. The molecule has 0 N–H and O–H groups in total. The van der Waals surface area contributed by atoms with Crippen molar-refractivity contribution in [3.63, 3.8) is 0 Å². The summed E-state index contributed by atoms with van der Waals surface area (Å²) >= 11 is 0. The van der Waals surface area contributed by atoms with Gasteiger partial charge in [0.2, 0.25) is 0 Å². The molecule has 4 heteroatoms. The SMILES string of the molecule is CC[PH](CC)(CCCCOC(C)=O)CCOC. The molecule has 0 aliphatic rings. The quantitative estimate of drug-likeness (QED) is 0.346. The van der Waals surface area contributed by atoms with E-state index in [4.69, 9.17) is 9.47 Å². The van der Waals surface area contributed by atoms with Crippen molar-refractivity contribution in [1.82, 2.24) is 0 Å². The standard InChI is InChI=1S/C13H29O3P/c1-5-17(6-2,12-10-15-4)11-8-7-9-16-13(3)14/h17H,5-12H2,1-4H3. The Morgan fingerprint density at radius 1 is 1.06 bits per heavy atom. The van der Waals surface area contributed by atoms with Crippen LogP contribution in [0.1, 0.15) is 33.6 Å². The second kappa shape index (κ2) is 9.85. The van der Waals surface area contributed by atoms with Crippen molar-refractivity contribution in [3.05, 3.63) is 0 Å². The summed E-state index contributed by atoms with van der Waals surface area (Å²) in [5.41, 5.74) is 0. The number of hydrogen-bond acceptors (Lipinski definition) is 3. The van der Waals surface area contributed by atoms with Crippen molar-refractivity contribution < 1.29 is 14.3 Å². The zero-order chi connectivity index (χ0) is 13.1. The molecule has 0 aliphatic heterocycles. The molecule has 0 unspecified atom stereocenters. The maximum atomic E-state index is 10.6. The average Bonchev–Trinajstić information content (AvgIpc) is 2.33. The maximum absolute atomic E-state index is 10.6. The van der Waals surface area contributed by atoms with Crippen LogP contribution in [0.2, 0.25) is 0 Å². The monoisotopic (exact) mass is 264 g/mol. The van der Waals surface area contributed by atoms with Gasteiger partial charge in [-0.1, -0.05) is 0 Å². The molecule has 0 aromatic carbocycles. The molecule has 0 saturated heterocycles. The Labute approximate surface area is 107 Å². The van der Waals surface area contributed by atoms with Gasteiger partial charge < -0.3 is 0 Å². The van der Waals surface area contributed by atoms with E-state index < -0.39 is 7.26 Å². The molecule has 0 atom stereocenters. The Morgan fingerprint density at radius 2 is 1.71 bits per heavy atom. The van der Waals surface area contributed by atoms with Crippen molar-refractivity contribution in [2.75, 3.05) is 45.0 Å². The second-order valence-electron chi connectivity index (χ2n) is 4.75. The van der Waals surface area contributed by atoms with Crippen molar-refractivity contribution in [3.8, 4) is 0 Å². The van der Waals surface area contributed by atoms with Crippen LogP contribution in [0, 0.1) is 0 Å². The van der Waals surface area contributed by atoms with Gasteiger partial charge in [0.1, 0.15) is 0 Å². The van der Waals surface area contributed by atoms with E-state index in [0.717, 1.165) is 13.0 Å². The van der Waals surface area contributed by atoms with Gasteiger partial charge in [0.25, 0.3) is 0 Å². The van der Waals surface area contributed by atoms with Gasteiger partial charge in [0.05, 0.1) is 0 Å².